The molecule has 4 aromatic rings. The lowest BCUT2D eigenvalue weighted by Gasteiger charge is -2.28. The van der Waals surface area contributed by atoms with E-state index < -0.39 is 0 Å². The fraction of sp³-hybridized carbons (Fsp3) is 0.241. The first-order chi connectivity index (χ1) is 16.7. The number of carbonyl (C=O) groups is 1. The van der Waals surface area contributed by atoms with E-state index in [0.717, 1.165) is 29.9 Å². The Morgan fingerprint density at radius 1 is 1.09 bits per heavy atom. The molecule has 1 atom stereocenters. The number of hydrogen-bond donors (Lipinski definition) is 0. The molecule has 0 saturated carbocycles. The smallest absolute Gasteiger partial charge is 0.257 e. The van der Waals surface area contributed by atoms with Gasteiger partial charge in [0.25, 0.3) is 5.91 Å². The molecule has 3 heterocycles. The van der Waals surface area contributed by atoms with Crippen LogP contribution in [0.25, 0.3) is 22.0 Å². The second kappa shape index (κ2) is 9.79. The number of nitrogens with zero attached hydrogens (tertiary/aromatic N) is 3. The van der Waals surface area contributed by atoms with E-state index in [1.807, 2.05) is 36.3 Å². The second-order valence-corrected chi connectivity index (χ2v) is 9.17. The molecular formula is C29H27N3OS. The number of fused-ring (bicyclic) bond motifs is 1. The lowest BCUT2D eigenvalue weighted by molar-refractivity contribution is 0.0727. The molecule has 0 aliphatic carbocycles. The summed E-state index contributed by atoms with van der Waals surface area (Å²) in [6.45, 7) is 3.21. The van der Waals surface area contributed by atoms with Crippen molar-refractivity contribution in [2.45, 2.75) is 37.4 Å². The van der Waals surface area contributed by atoms with Crippen molar-refractivity contribution >= 4 is 28.6 Å². The number of amides is 1. The first-order valence-corrected chi connectivity index (χ1v) is 12.8. The van der Waals surface area contributed by atoms with Gasteiger partial charge in [-0.15, -0.1) is 17.7 Å². The zero-order valence-corrected chi connectivity index (χ0v) is 20.3. The van der Waals surface area contributed by atoms with Crippen molar-refractivity contribution in [2.24, 2.45) is 0 Å². The van der Waals surface area contributed by atoms with Crippen LogP contribution in [-0.4, -0.2) is 33.2 Å². The summed E-state index contributed by atoms with van der Waals surface area (Å²) in [5.41, 5.74) is 5.39. The fourth-order valence-electron chi connectivity index (χ4n) is 5.07. The summed E-state index contributed by atoms with van der Waals surface area (Å²) in [6.07, 6.45) is 5.62. The SMILES string of the molecule is CC#CCn1c(C2CCCN2C(=O)c2cccnc2SC)c(-c2ccccc2)c2ccccc21. The van der Waals surface area contributed by atoms with Gasteiger partial charge in [-0.1, -0.05) is 54.5 Å². The molecule has 170 valence electrons. The largest absolute Gasteiger partial charge is 0.330 e. The quantitative estimate of drug-likeness (QED) is 0.252. The Morgan fingerprint density at radius 3 is 2.68 bits per heavy atom. The highest BCUT2D eigenvalue weighted by Gasteiger charge is 2.36. The van der Waals surface area contributed by atoms with Gasteiger partial charge in [0, 0.05) is 29.2 Å². The predicted octanol–water partition coefficient (Wildman–Crippen LogP) is 6.43. The van der Waals surface area contributed by atoms with Gasteiger partial charge < -0.3 is 9.47 Å². The minimum atomic E-state index is -0.0244. The molecule has 0 bridgehead atoms. The zero-order valence-electron chi connectivity index (χ0n) is 19.5. The van der Waals surface area contributed by atoms with Gasteiger partial charge in [-0.3, -0.25) is 4.79 Å². The molecule has 34 heavy (non-hydrogen) atoms. The highest BCUT2D eigenvalue weighted by Crippen LogP contribution is 2.44. The third kappa shape index (κ3) is 3.89. The van der Waals surface area contributed by atoms with Crippen molar-refractivity contribution in [2.75, 3.05) is 12.8 Å². The van der Waals surface area contributed by atoms with Crippen molar-refractivity contribution in [1.82, 2.24) is 14.5 Å². The number of rotatable bonds is 5. The number of hydrogen-bond acceptors (Lipinski definition) is 3. The predicted molar refractivity (Wildman–Crippen MR) is 140 cm³/mol. The maximum absolute atomic E-state index is 13.8. The maximum Gasteiger partial charge on any atom is 0.257 e. The van der Waals surface area contributed by atoms with E-state index in [9.17, 15) is 4.79 Å². The third-order valence-corrected chi connectivity index (χ3v) is 7.22. The molecule has 1 aliphatic heterocycles. The standard InChI is InChI=1S/C29H27N3OS/c1-3-4-19-31-24-16-9-8-14-22(24)26(21-12-6-5-7-13-21)27(31)25-17-11-20-32(25)29(33)23-15-10-18-30-28(23)34-2/h5-10,12-16,18,25H,11,17,19-20H2,1-2H3. The van der Waals surface area contributed by atoms with E-state index in [2.05, 4.69) is 69.9 Å². The summed E-state index contributed by atoms with van der Waals surface area (Å²) in [6, 6.07) is 22.8. The highest BCUT2D eigenvalue weighted by molar-refractivity contribution is 7.98. The average Bonchev–Trinajstić information content (AvgIpc) is 3.50. The van der Waals surface area contributed by atoms with E-state index in [4.69, 9.17) is 0 Å². The van der Waals surface area contributed by atoms with Crippen molar-refractivity contribution < 1.29 is 4.79 Å². The molecule has 1 fully saturated rings. The first-order valence-electron chi connectivity index (χ1n) is 11.6. The van der Waals surface area contributed by atoms with Gasteiger partial charge in [0.05, 0.1) is 23.8 Å². The number of pyridine rings is 1. The number of aromatic nitrogens is 2. The topological polar surface area (TPSA) is 38.1 Å². The van der Waals surface area contributed by atoms with Crippen LogP contribution in [0, 0.1) is 11.8 Å². The van der Waals surface area contributed by atoms with Gasteiger partial charge >= 0.3 is 0 Å². The Hall–Kier alpha value is -3.49. The van der Waals surface area contributed by atoms with Crippen LogP contribution in [0.2, 0.25) is 0 Å². The number of carbonyl (C=O) groups excluding carboxylic acids is 1. The van der Waals surface area contributed by atoms with Crippen LogP contribution in [0.5, 0.6) is 0 Å². The van der Waals surface area contributed by atoms with Crippen LogP contribution in [0.15, 0.2) is 78.0 Å². The minimum absolute atomic E-state index is 0.0244. The summed E-state index contributed by atoms with van der Waals surface area (Å²) in [5, 5.41) is 1.98. The molecule has 1 amide bonds. The molecule has 2 aromatic carbocycles. The summed E-state index contributed by atoms with van der Waals surface area (Å²) >= 11 is 1.52. The lowest BCUT2D eigenvalue weighted by Crippen LogP contribution is -2.32. The van der Waals surface area contributed by atoms with Crippen molar-refractivity contribution in [3.63, 3.8) is 0 Å². The number of thioether (sulfide) groups is 1. The summed E-state index contributed by atoms with van der Waals surface area (Å²) in [5.74, 6) is 6.39. The molecule has 0 spiro atoms. The normalized spacial score (nSPS) is 15.4. The summed E-state index contributed by atoms with van der Waals surface area (Å²) in [7, 11) is 0. The van der Waals surface area contributed by atoms with Crippen LogP contribution in [0.4, 0.5) is 0 Å². The van der Waals surface area contributed by atoms with Crippen molar-refractivity contribution in [1.29, 1.82) is 0 Å². The van der Waals surface area contributed by atoms with Crippen LogP contribution in [0.1, 0.15) is 41.9 Å². The van der Waals surface area contributed by atoms with E-state index in [1.54, 1.807) is 6.20 Å². The Kier molecular flexibility index (Phi) is 6.42. The molecule has 1 aliphatic rings. The molecule has 1 saturated heterocycles. The van der Waals surface area contributed by atoms with Crippen LogP contribution >= 0.6 is 11.8 Å². The second-order valence-electron chi connectivity index (χ2n) is 8.37. The van der Waals surface area contributed by atoms with Crippen LogP contribution < -0.4 is 0 Å². The van der Waals surface area contributed by atoms with Crippen molar-refractivity contribution in [3.8, 4) is 23.0 Å². The Balaban J connectivity index is 1.72. The molecule has 5 heteroatoms. The van der Waals surface area contributed by atoms with E-state index in [0.29, 0.717) is 12.1 Å². The van der Waals surface area contributed by atoms with Gasteiger partial charge in [-0.05, 0) is 49.8 Å². The van der Waals surface area contributed by atoms with Crippen LogP contribution in [0.3, 0.4) is 0 Å². The zero-order chi connectivity index (χ0) is 23.5. The number of likely N-dealkylation sites (tertiary alicyclic amines) is 1. The molecule has 0 radical (unpaired) electrons. The molecule has 0 N–H and O–H groups in total. The first kappa shape index (κ1) is 22.3. The molecule has 4 nitrogen and oxygen atoms in total. The summed E-state index contributed by atoms with van der Waals surface area (Å²) in [4.78, 5) is 20.3. The number of benzene rings is 2. The summed E-state index contributed by atoms with van der Waals surface area (Å²) < 4.78 is 2.32. The average molecular weight is 466 g/mol. The molecule has 1 unspecified atom stereocenters. The van der Waals surface area contributed by atoms with E-state index >= 15 is 0 Å². The molecule has 2 aromatic heterocycles. The van der Waals surface area contributed by atoms with Crippen LogP contribution in [-0.2, 0) is 6.54 Å². The van der Waals surface area contributed by atoms with E-state index in [1.165, 1.54) is 34.0 Å². The van der Waals surface area contributed by atoms with Gasteiger partial charge in [0.15, 0.2) is 0 Å². The lowest BCUT2D eigenvalue weighted by atomic mass is 9.97. The fourth-order valence-corrected chi connectivity index (χ4v) is 5.61. The van der Waals surface area contributed by atoms with Crippen molar-refractivity contribution in [3.05, 3.63) is 84.2 Å². The Labute approximate surface area is 205 Å². The monoisotopic (exact) mass is 465 g/mol. The Bertz CT molecular complexity index is 1400. The van der Waals surface area contributed by atoms with E-state index in [-0.39, 0.29) is 11.9 Å². The van der Waals surface area contributed by atoms with Gasteiger partial charge in [-0.25, -0.2) is 4.98 Å². The van der Waals surface area contributed by atoms with Gasteiger partial charge in [0.2, 0.25) is 0 Å². The van der Waals surface area contributed by atoms with Gasteiger partial charge in [-0.2, -0.15) is 0 Å². The van der Waals surface area contributed by atoms with Gasteiger partial charge in [0.1, 0.15) is 5.03 Å². The maximum atomic E-state index is 13.8. The number of para-hydroxylation sites is 1. The molecular weight excluding hydrogens is 438 g/mol. The third-order valence-electron chi connectivity index (χ3n) is 6.51. The highest BCUT2D eigenvalue weighted by atomic mass is 32.2. The molecule has 5 rings (SSSR count). The minimum Gasteiger partial charge on any atom is -0.330 e. The Morgan fingerprint density at radius 2 is 1.88 bits per heavy atom.